The monoisotopic (exact) mass is 439 g/mol. The van der Waals surface area contributed by atoms with E-state index in [0.29, 0.717) is 5.56 Å². The van der Waals surface area contributed by atoms with Crippen molar-refractivity contribution in [2.75, 3.05) is 14.2 Å². The quantitative estimate of drug-likeness (QED) is 0.623. The fraction of sp³-hybridized carbons (Fsp3) is 0.235. The number of primary sulfonamides is 1. The summed E-state index contributed by atoms with van der Waals surface area (Å²) in [6.07, 6.45) is 1.53. The number of nitriles is 1. The van der Waals surface area contributed by atoms with E-state index in [9.17, 15) is 12.8 Å². The van der Waals surface area contributed by atoms with Crippen LogP contribution >= 0.6 is 11.6 Å². The van der Waals surface area contributed by atoms with Gasteiger partial charge in [-0.15, -0.1) is 0 Å². The molecule has 0 fully saturated rings. The first-order chi connectivity index (χ1) is 13.7. The van der Waals surface area contributed by atoms with Crippen LogP contribution in [0, 0.1) is 17.1 Å². The van der Waals surface area contributed by atoms with Crippen LogP contribution in [0.15, 0.2) is 23.2 Å². The fourth-order valence-electron chi connectivity index (χ4n) is 2.88. The Kier molecular flexibility index (Phi) is 5.61. The van der Waals surface area contributed by atoms with Gasteiger partial charge in [-0.3, -0.25) is 4.57 Å². The van der Waals surface area contributed by atoms with Gasteiger partial charge < -0.3 is 9.47 Å². The molecule has 1 aromatic carbocycles. The molecule has 0 amide bonds. The molecular formula is C17H15ClFN5O4S. The summed E-state index contributed by atoms with van der Waals surface area (Å²) in [5.41, 5.74) is 0.275. The molecule has 0 saturated carbocycles. The predicted octanol–water partition coefficient (Wildman–Crippen LogP) is 2.33. The summed E-state index contributed by atoms with van der Waals surface area (Å²) in [6, 6.07) is 4.57. The number of aromatic nitrogens is 3. The Morgan fingerprint density at radius 3 is 2.41 bits per heavy atom. The molecule has 2 aromatic heterocycles. The van der Waals surface area contributed by atoms with Crippen LogP contribution in [0.2, 0.25) is 5.02 Å². The van der Waals surface area contributed by atoms with Gasteiger partial charge in [0.2, 0.25) is 27.7 Å². The second kappa shape index (κ2) is 7.82. The number of methoxy groups -OCH3 is 2. The second-order valence-corrected chi connectivity index (χ2v) is 7.78. The topological polar surface area (TPSA) is 133 Å². The number of sulfonamides is 1. The molecule has 0 saturated heterocycles. The summed E-state index contributed by atoms with van der Waals surface area (Å²) in [7, 11) is -1.46. The summed E-state index contributed by atoms with van der Waals surface area (Å²) in [5.74, 6) is -0.790. The highest BCUT2D eigenvalue weighted by Crippen LogP contribution is 2.34. The average Bonchev–Trinajstić information content (AvgIpc) is 3.09. The summed E-state index contributed by atoms with van der Waals surface area (Å²) in [5, 5.41) is 13.9. The molecule has 0 aliphatic rings. The Hall–Kier alpha value is -2.94. The molecule has 2 N–H and O–H groups in total. The molecule has 0 aliphatic heterocycles. The first-order valence-corrected chi connectivity index (χ1v) is 10.0. The third kappa shape index (κ3) is 3.69. The third-order valence-corrected chi connectivity index (χ3v) is 5.37. The van der Waals surface area contributed by atoms with E-state index in [1.54, 1.807) is 0 Å². The standard InChI is InChI=1S/C17H15ClFN5O4S/c1-27-15-10(4-3-7-20)16(28-2)23-17(22-15)24-8-12(29(21,25)26)9-5-6-11(18)13(19)14(9)24/h5-6,8H,3-4H2,1-2H3,(H2,21,25,26). The van der Waals surface area contributed by atoms with Crippen LogP contribution in [0.25, 0.3) is 16.9 Å². The maximum Gasteiger partial charge on any atom is 0.240 e. The molecule has 12 heteroatoms. The second-order valence-electron chi connectivity index (χ2n) is 5.84. The summed E-state index contributed by atoms with van der Waals surface area (Å²) in [4.78, 5) is 8.15. The van der Waals surface area contributed by atoms with E-state index >= 15 is 0 Å². The number of hydrogen-bond donors (Lipinski definition) is 1. The number of nitrogens with two attached hydrogens (primary N) is 1. The highest BCUT2D eigenvalue weighted by Gasteiger charge is 2.25. The van der Waals surface area contributed by atoms with Crippen LogP contribution in [-0.4, -0.2) is 37.2 Å². The minimum absolute atomic E-state index is 0.0180. The molecule has 29 heavy (non-hydrogen) atoms. The smallest absolute Gasteiger partial charge is 0.240 e. The van der Waals surface area contributed by atoms with Gasteiger partial charge in [0, 0.05) is 18.0 Å². The number of nitrogens with zero attached hydrogens (tertiary/aromatic N) is 4. The number of ether oxygens (including phenoxy) is 2. The van der Waals surface area contributed by atoms with Crippen LogP contribution in [0.3, 0.4) is 0 Å². The molecule has 2 heterocycles. The molecule has 3 rings (SSSR count). The van der Waals surface area contributed by atoms with E-state index < -0.39 is 15.8 Å². The Morgan fingerprint density at radius 2 is 1.90 bits per heavy atom. The van der Waals surface area contributed by atoms with Crippen LogP contribution in [0.5, 0.6) is 11.8 Å². The predicted molar refractivity (Wildman–Crippen MR) is 102 cm³/mol. The van der Waals surface area contributed by atoms with E-state index in [0.717, 1.165) is 10.8 Å². The van der Waals surface area contributed by atoms with Crippen LogP contribution < -0.4 is 14.6 Å². The van der Waals surface area contributed by atoms with Crippen molar-refractivity contribution in [2.45, 2.75) is 17.7 Å². The molecule has 0 spiro atoms. The Balaban J connectivity index is 2.37. The van der Waals surface area contributed by atoms with Crippen molar-refractivity contribution in [1.82, 2.24) is 14.5 Å². The lowest BCUT2D eigenvalue weighted by Gasteiger charge is -2.13. The van der Waals surface area contributed by atoms with Gasteiger partial charge in [-0.25, -0.2) is 17.9 Å². The molecule has 0 radical (unpaired) electrons. The van der Waals surface area contributed by atoms with Crippen molar-refractivity contribution in [1.29, 1.82) is 5.26 Å². The lowest BCUT2D eigenvalue weighted by molar-refractivity contribution is 0.361. The minimum Gasteiger partial charge on any atom is -0.481 e. The zero-order chi connectivity index (χ0) is 21.3. The first kappa shape index (κ1) is 20.8. The van der Waals surface area contributed by atoms with Gasteiger partial charge >= 0.3 is 0 Å². The van der Waals surface area contributed by atoms with E-state index in [1.165, 1.54) is 26.4 Å². The third-order valence-electron chi connectivity index (χ3n) is 4.14. The van der Waals surface area contributed by atoms with E-state index in [-0.39, 0.29) is 51.4 Å². The SMILES string of the molecule is COc1nc(-n2cc(S(N)(=O)=O)c3ccc(Cl)c(F)c32)nc(OC)c1CCC#N. The van der Waals surface area contributed by atoms with Gasteiger partial charge in [-0.05, 0) is 18.6 Å². The van der Waals surface area contributed by atoms with Crippen molar-refractivity contribution < 1.29 is 22.3 Å². The molecule has 0 atom stereocenters. The minimum atomic E-state index is -4.18. The molecule has 3 aromatic rings. The van der Waals surface area contributed by atoms with Gasteiger partial charge in [0.05, 0.1) is 36.4 Å². The Bertz CT molecular complexity index is 1230. The fourth-order valence-corrected chi connectivity index (χ4v) is 3.76. The first-order valence-electron chi connectivity index (χ1n) is 8.11. The lowest BCUT2D eigenvalue weighted by atomic mass is 10.2. The van der Waals surface area contributed by atoms with Gasteiger partial charge in [0.25, 0.3) is 0 Å². The number of benzene rings is 1. The number of rotatable bonds is 6. The van der Waals surface area contributed by atoms with Gasteiger partial charge in [0.15, 0.2) is 5.82 Å². The van der Waals surface area contributed by atoms with Crippen molar-refractivity contribution >= 4 is 32.5 Å². The number of fused-ring (bicyclic) bond motifs is 1. The van der Waals surface area contributed by atoms with Crippen molar-refractivity contribution in [3.63, 3.8) is 0 Å². The molecule has 0 bridgehead atoms. The largest absolute Gasteiger partial charge is 0.481 e. The molecular weight excluding hydrogens is 425 g/mol. The summed E-state index contributed by atoms with van der Waals surface area (Å²) >= 11 is 5.88. The lowest BCUT2D eigenvalue weighted by Crippen LogP contribution is -2.12. The number of hydrogen-bond acceptors (Lipinski definition) is 7. The van der Waals surface area contributed by atoms with Gasteiger partial charge in [0.1, 0.15) is 4.90 Å². The van der Waals surface area contributed by atoms with Crippen LogP contribution in [0.4, 0.5) is 4.39 Å². The zero-order valence-corrected chi connectivity index (χ0v) is 16.9. The molecule has 152 valence electrons. The van der Waals surface area contributed by atoms with Gasteiger partial charge in [-0.2, -0.15) is 15.2 Å². The van der Waals surface area contributed by atoms with Crippen LogP contribution in [-0.2, 0) is 16.4 Å². The highest BCUT2D eigenvalue weighted by atomic mass is 35.5. The van der Waals surface area contributed by atoms with Crippen LogP contribution in [0.1, 0.15) is 12.0 Å². The van der Waals surface area contributed by atoms with Crippen molar-refractivity contribution in [3.8, 4) is 23.8 Å². The molecule has 0 aliphatic carbocycles. The Morgan fingerprint density at radius 1 is 1.28 bits per heavy atom. The zero-order valence-electron chi connectivity index (χ0n) is 15.3. The highest BCUT2D eigenvalue weighted by molar-refractivity contribution is 7.89. The summed E-state index contributed by atoms with van der Waals surface area (Å²) in [6.45, 7) is 0. The van der Waals surface area contributed by atoms with E-state index in [4.69, 9.17) is 31.5 Å². The van der Waals surface area contributed by atoms with Gasteiger partial charge in [-0.1, -0.05) is 11.6 Å². The maximum absolute atomic E-state index is 14.8. The molecule has 0 unspecified atom stereocenters. The van der Waals surface area contributed by atoms with Crippen molar-refractivity contribution in [2.24, 2.45) is 5.14 Å². The van der Waals surface area contributed by atoms with E-state index in [1.807, 2.05) is 6.07 Å². The number of halogens is 2. The van der Waals surface area contributed by atoms with E-state index in [2.05, 4.69) is 9.97 Å². The normalized spacial score (nSPS) is 11.4. The van der Waals surface area contributed by atoms with Crippen molar-refractivity contribution in [3.05, 3.63) is 34.7 Å². The average molecular weight is 440 g/mol. The summed E-state index contributed by atoms with van der Waals surface area (Å²) < 4.78 is 50.5. The Labute approximate surface area is 170 Å². The molecule has 9 nitrogen and oxygen atoms in total. The maximum atomic E-state index is 14.8.